The molecule has 0 aromatic carbocycles. The molecule has 1 heterocycles. The van der Waals surface area contributed by atoms with E-state index >= 15 is 0 Å². The van der Waals surface area contributed by atoms with Crippen LogP contribution in [0.3, 0.4) is 0 Å². The third-order valence-corrected chi connectivity index (χ3v) is 3.99. The van der Waals surface area contributed by atoms with E-state index in [4.69, 9.17) is 11.6 Å². The quantitative estimate of drug-likeness (QED) is 0.309. The number of aromatic nitrogens is 1. The van der Waals surface area contributed by atoms with E-state index < -0.39 is 0 Å². The number of hydrogen-bond donors (Lipinski definition) is 2. The van der Waals surface area contributed by atoms with Gasteiger partial charge in [0.05, 0.1) is 6.54 Å². The summed E-state index contributed by atoms with van der Waals surface area (Å²) in [6, 6.07) is 4.89. The van der Waals surface area contributed by atoms with Crippen LogP contribution in [0.25, 0.3) is 0 Å². The smallest absolute Gasteiger partial charge is 0.191 e. The third kappa shape index (κ3) is 7.97. The Kier molecular flexibility index (Phi) is 9.72. The number of nitrogens with zero attached hydrogens (tertiary/aromatic N) is 3. The van der Waals surface area contributed by atoms with Crippen LogP contribution in [0.15, 0.2) is 23.3 Å². The second-order valence-electron chi connectivity index (χ2n) is 6.39. The summed E-state index contributed by atoms with van der Waals surface area (Å²) in [7, 11) is 0. The molecule has 0 spiro atoms. The molecule has 0 aliphatic carbocycles. The maximum atomic E-state index is 5.80. The second kappa shape index (κ2) is 11.3. The van der Waals surface area contributed by atoms with Gasteiger partial charge in [0.15, 0.2) is 5.96 Å². The minimum absolute atomic E-state index is 0.507. The molecule has 0 amide bonds. The molecule has 0 saturated carbocycles. The summed E-state index contributed by atoms with van der Waals surface area (Å²) in [5, 5.41) is 7.19. The molecule has 136 valence electrons. The van der Waals surface area contributed by atoms with Crippen LogP contribution in [0.4, 0.5) is 0 Å². The minimum atomic E-state index is 0.507. The summed E-state index contributed by atoms with van der Waals surface area (Å²) in [5.74, 6) is 0.841. The van der Waals surface area contributed by atoms with Gasteiger partial charge in [-0.25, -0.2) is 9.98 Å². The van der Waals surface area contributed by atoms with Crippen LogP contribution in [-0.4, -0.2) is 47.6 Å². The van der Waals surface area contributed by atoms with Crippen LogP contribution in [0.2, 0.25) is 5.15 Å². The highest BCUT2D eigenvalue weighted by Gasteiger charge is 2.12. The standard InChI is InChI=1S/C18H32ClN5/c1-6-20-18(23-13-16-8-9-17(19)22-12-16)21-10-7-11-24(14(2)3)15(4)5/h8-9,12,14-15H,6-7,10-11,13H2,1-5H3,(H2,20,21,23). The zero-order chi connectivity index (χ0) is 17.9. The first kappa shape index (κ1) is 20.7. The fourth-order valence-electron chi connectivity index (χ4n) is 2.59. The van der Waals surface area contributed by atoms with Crippen LogP contribution in [0.5, 0.6) is 0 Å². The zero-order valence-electron chi connectivity index (χ0n) is 15.6. The van der Waals surface area contributed by atoms with Gasteiger partial charge < -0.3 is 10.6 Å². The van der Waals surface area contributed by atoms with Crippen molar-refractivity contribution in [3.63, 3.8) is 0 Å². The lowest BCUT2D eigenvalue weighted by Crippen LogP contribution is -2.41. The number of pyridine rings is 1. The number of aliphatic imine (C=N–C) groups is 1. The first-order valence-corrected chi connectivity index (χ1v) is 9.20. The van der Waals surface area contributed by atoms with Gasteiger partial charge in [-0.05, 0) is 52.7 Å². The minimum Gasteiger partial charge on any atom is -0.357 e. The number of guanidine groups is 1. The largest absolute Gasteiger partial charge is 0.357 e. The molecule has 1 aromatic rings. The van der Waals surface area contributed by atoms with Crippen molar-refractivity contribution in [1.82, 2.24) is 20.5 Å². The van der Waals surface area contributed by atoms with Crippen molar-refractivity contribution < 1.29 is 0 Å². The predicted octanol–water partition coefficient (Wildman–Crippen LogP) is 3.30. The summed E-state index contributed by atoms with van der Waals surface area (Å²) < 4.78 is 0. The van der Waals surface area contributed by atoms with Gasteiger partial charge >= 0.3 is 0 Å². The lowest BCUT2D eigenvalue weighted by molar-refractivity contribution is 0.173. The van der Waals surface area contributed by atoms with Crippen molar-refractivity contribution in [3.8, 4) is 0 Å². The van der Waals surface area contributed by atoms with Gasteiger partial charge in [0.2, 0.25) is 0 Å². The molecular formula is C18H32ClN5. The lowest BCUT2D eigenvalue weighted by atomic mass is 10.2. The van der Waals surface area contributed by atoms with Crippen LogP contribution in [0, 0.1) is 0 Å². The van der Waals surface area contributed by atoms with Gasteiger partial charge in [-0.2, -0.15) is 0 Å². The first-order valence-electron chi connectivity index (χ1n) is 8.82. The maximum absolute atomic E-state index is 5.80. The van der Waals surface area contributed by atoms with Crippen LogP contribution in [0.1, 0.15) is 46.6 Å². The van der Waals surface area contributed by atoms with Crippen molar-refractivity contribution in [2.24, 2.45) is 4.99 Å². The number of nitrogens with one attached hydrogen (secondary N) is 2. The molecule has 0 aliphatic heterocycles. The highest BCUT2D eigenvalue weighted by atomic mass is 35.5. The van der Waals surface area contributed by atoms with E-state index in [9.17, 15) is 0 Å². The van der Waals surface area contributed by atoms with Crippen molar-refractivity contribution in [1.29, 1.82) is 0 Å². The monoisotopic (exact) mass is 353 g/mol. The van der Waals surface area contributed by atoms with Crippen LogP contribution >= 0.6 is 11.6 Å². The summed E-state index contributed by atoms with van der Waals surface area (Å²) in [6.07, 6.45) is 2.85. The lowest BCUT2D eigenvalue weighted by Gasteiger charge is -2.30. The summed E-state index contributed by atoms with van der Waals surface area (Å²) in [4.78, 5) is 11.2. The van der Waals surface area contributed by atoms with E-state index in [0.717, 1.165) is 37.6 Å². The molecule has 0 fully saturated rings. The molecule has 6 heteroatoms. The first-order chi connectivity index (χ1) is 11.4. The van der Waals surface area contributed by atoms with Gasteiger partial charge in [-0.1, -0.05) is 17.7 Å². The van der Waals surface area contributed by atoms with Gasteiger partial charge in [-0.15, -0.1) is 0 Å². The summed E-state index contributed by atoms with van der Waals surface area (Å²) in [6.45, 7) is 14.5. The predicted molar refractivity (Wildman–Crippen MR) is 104 cm³/mol. The van der Waals surface area contributed by atoms with Gasteiger partial charge in [0, 0.05) is 37.9 Å². The Bertz CT molecular complexity index is 477. The van der Waals surface area contributed by atoms with Crippen molar-refractivity contribution in [2.75, 3.05) is 19.6 Å². The molecule has 0 unspecified atom stereocenters. The van der Waals surface area contributed by atoms with Crippen LogP contribution in [-0.2, 0) is 6.54 Å². The fraction of sp³-hybridized carbons (Fsp3) is 0.667. The summed E-state index contributed by atoms with van der Waals surface area (Å²) in [5.41, 5.74) is 1.04. The zero-order valence-corrected chi connectivity index (χ0v) is 16.4. The van der Waals surface area contributed by atoms with Crippen LogP contribution < -0.4 is 10.6 Å². The molecule has 5 nitrogen and oxygen atoms in total. The fourth-order valence-corrected chi connectivity index (χ4v) is 2.70. The molecule has 0 aliphatic rings. The second-order valence-corrected chi connectivity index (χ2v) is 6.78. The van der Waals surface area contributed by atoms with E-state index in [1.807, 2.05) is 6.07 Å². The molecule has 1 aromatic heterocycles. The molecule has 1 rings (SSSR count). The molecule has 0 saturated heterocycles. The Balaban J connectivity index is 2.45. The Morgan fingerprint density at radius 1 is 1.21 bits per heavy atom. The van der Waals surface area contributed by atoms with Gasteiger partial charge in [-0.3, -0.25) is 4.90 Å². The normalized spacial score (nSPS) is 12.3. The highest BCUT2D eigenvalue weighted by molar-refractivity contribution is 6.29. The van der Waals surface area contributed by atoms with Crippen molar-refractivity contribution in [3.05, 3.63) is 29.0 Å². The van der Waals surface area contributed by atoms with Gasteiger partial charge in [0.25, 0.3) is 0 Å². The SMILES string of the molecule is CCNC(=NCc1ccc(Cl)nc1)NCCCN(C(C)C)C(C)C. The average molecular weight is 354 g/mol. The van der Waals surface area contributed by atoms with Crippen molar-refractivity contribution >= 4 is 17.6 Å². The van der Waals surface area contributed by atoms with E-state index in [1.165, 1.54) is 0 Å². The van der Waals surface area contributed by atoms with E-state index in [2.05, 4.69) is 60.1 Å². The Morgan fingerprint density at radius 2 is 1.92 bits per heavy atom. The Labute approximate surface area is 151 Å². The topological polar surface area (TPSA) is 52.6 Å². The molecule has 0 radical (unpaired) electrons. The van der Waals surface area contributed by atoms with Gasteiger partial charge in [0.1, 0.15) is 5.15 Å². The molecule has 24 heavy (non-hydrogen) atoms. The van der Waals surface area contributed by atoms with Crippen molar-refractivity contribution in [2.45, 2.75) is 59.7 Å². The number of rotatable bonds is 9. The molecule has 2 N–H and O–H groups in total. The Hall–Kier alpha value is -1.33. The number of halogens is 1. The van der Waals surface area contributed by atoms with E-state index in [1.54, 1.807) is 12.3 Å². The molecular weight excluding hydrogens is 322 g/mol. The maximum Gasteiger partial charge on any atom is 0.191 e. The Morgan fingerprint density at radius 3 is 2.46 bits per heavy atom. The summed E-state index contributed by atoms with van der Waals surface area (Å²) >= 11 is 5.80. The number of hydrogen-bond acceptors (Lipinski definition) is 3. The third-order valence-electron chi connectivity index (χ3n) is 3.76. The van der Waals surface area contributed by atoms with E-state index in [0.29, 0.717) is 23.8 Å². The average Bonchev–Trinajstić information content (AvgIpc) is 2.53. The molecule has 0 atom stereocenters. The highest BCUT2D eigenvalue weighted by Crippen LogP contribution is 2.06. The van der Waals surface area contributed by atoms with E-state index in [-0.39, 0.29) is 0 Å². The molecule has 0 bridgehead atoms.